The summed E-state index contributed by atoms with van der Waals surface area (Å²) in [5.74, 6) is 1.29. The van der Waals surface area contributed by atoms with E-state index in [4.69, 9.17) is 11.6 Å². The van der Waals surface area contributed by atoms with Crippen molar-refractivity contribution in [2.24, 2.45) is 0 Å². The Labute approximate surface area is 128 Å². The summed E-state index contributed by atoms with van der Waals surface area (Å²) in [4.78, 5) is 11.8. The zero-order valence-corrected chi connectivity index (χ0v) is 12.8. The molecule has 4 heteroatoms. The second kappa shape index (κ2) is 7.36. The quantitative estimate of drug-likeness (QED) is 0.880. The van der Waals surface area contributed by atoms with Gasteiger partial charge in [-0.3, -0.25) is 4.79 Å². The molecule has 0 bridgehead atoms. The van der Waals surface area contributed by atoms with Crippen LogP contribution in [0, 0.1) is 6.92 Å². The third-order valence-electron chi connectivity index (χ3n) is 2.75. The van der Waals surface area contributed by atoms with Gasteiger partial charge in [0.25, 0.3) is 0 Å². The lowest BCUT2D eigenvalue weighted by Crippen LogP contribution is -2.14. The van der Waals surface area contributed by atoms with Crippen molar-refractivity contribution >= 4 is 35.0 Å². The summed E-state index contributed by atoms with van der Waals surface area (Å²) < 4.78 is 0. The summed E-state index contributed by atoms with van der Waals surface area (Å²) in [5, 5.41) is 3.51. The van der Waals surface area contributed by atoms with Crippen molar-refractivity contribution in [2.75, 3.05) is 11.1 Å². The summed E-state index contributed by atoms with van der Waals surface area (Å²) in [6.07, 6.45) is 0. The Bertz CT molecular complexity index is 566. The minimum Gasteiger partial charge on any atom is -0.325 e. The first-order valence-electron chi connectivity index (χ1n) is 6.32. The molecule has 0 aromatic heterocycles. The molecule has 2 nitrogen and oxygen atoms in total. The van der Waals surface area contributed by atoms with Crippen molar-refractivity contribution in [2.45, 2.75) is 12.7 Å². The van der Waals surface area contributed by atoms with Crippen molar-refractivity contribution in [3.8, 4) is 0 Å². The first-order valence-corrected chi connectivity index (χ1v) is 7.85. The summed E-state index contributed by atoms with van der Waals surface area (Å²) in [6.45, 7) is 2.07. The normalized spacial score (nSPS) is 10.3. The molecule has 20 heavy (non-hydrogen) atoms. The largest absolute Gasteiger partial charge is 0.325 e. The van der Waals surface area contributed by atoms with E-state index < -0.39 is 0 Å². The van der Waals surface area contributed by atoms with Crippen LogP contribution < -0.4 is 5.32 Å². The zero-order valence-electron chi connectivity index (χ0n) is 11.2. The van der Waals surface area contributed by atoms with Crippen molar-refractivity contribution in [3.63, 3.8) is 0 Å². The highest BCUT2D eigenvalue weighted by molar-refractivity contribution is 7.99. The van der Waals surface area contributed by atoms with Gasteiger partial charge in [-0.15, -0.1) is 11.8 Å². The fourth-order valence-corrected chi connectivity index (χ4v) is 2.59. The van der Waals surface area contributed by atoms with Crippen LogP contribution >= 0.6 is 23.4 Å². The van der Waals surface area contributed by atoms with Crippen molar-refractivity contribution in [3.05, 3.63) is 64.7 Å². The molecule has 0 unspecified atom stereocenters. The number of aryl methyl sites for hydroxylation is 1. The lowest BCUT2D eigenvalue weighted by atomic mass is 10.2. The number of benzene rings is 2. The predicted octanol–water partition coefficient (Wildman–Crippen LogP) is 4.52. The average molecular weight is 306 g/mol. The molecule has 0 saturated heterocycles. The van der Waals surface area contributed by atoms with Crippen molar-refractivity contribution in [1.82, 2.24) is 0 Å². The summed E-state index contributed by atoms with van der Waals surface area (Å²) in [6, 6.07) is 15.5. The molecule has 1 amide bonds. The molecule has 2 rings (SSSR count). The molecular formula is C16H16ClNOS. The number of carbonyl (C=O) groups excluding carboxylic acids is 1. The van der Waals surface area contributed by atoms with Gasteiger partial charge in [0.15, 0.2) is 0 Å². The molecule has 0 atom stereocenters. The molecule has 0 spiro atoms. The highest BCUT2D eigenvalue weighted by atomic mass is 35.5. The smallest absolute Gasteiger partial charge is 0.234 e. The van der Waals surface area contributed by atoms with E-state index in [1.54, 1.807) is 36.0 Å². The minimum absolute atomic E-state index is 0.00411. The fraction of sp³-hybridized carbons (Fsp3) is 0.188. The standard InChI is InChI=1S/C16H16ClNOS/c1-12-2-4-13(5-3-12)10-20-11-16(19)18-15-8-6-14(17)7-9-15/h2-9H,10-11H2,1H3,(H,18,19). The van der Waals surface area contributed by atoms with E-state index in [-0.39, 0.29) is 5.91 Å². The maximum atomic E-state index is 11.8. The van der Waals surface area contributed by atoms with Crippen LogP contribution in [0.1, 0.15) is 11.1 Å². The van der Waals surface area contributed by atoms with Crippen molar-refractivity contribution < 1.29 is 4.79 Å². The number of rotatable bonds is 5. The maximum Gasteiger partial charge on any atom is 0.234 e. The number of carbonyl (C=O) groups is 1. The molecule has 0 aliphatic rings. The van der Waals surface area contributed by atoms with Crippen LogP contribution in [0.4, 0.5) is 5.69 Å². The fourth-order valence-electron chi connectivity index (χ4n) is 1.68. The minimum atomic E-state index is 0.00411. The first-order chi connectivity index (χ1) is 9.63. The van der Waals surface area contributed by atoms with E-state index in [2.05, 4.69) is 36.5 Å². The topological polar surface area (TPSA) is 29.1 Å². The Balaban J connectivity index is 1.75. The Morgan fingerprint density at radius 2 is 1.75 bits per heavy atom. The van der Waals surface area contributed by atoms with Gasteiger partial charge in [-0.1, -0.05) is 41.4 Å². The maximum absolute atomic E-state index is 11.8. The molecule has 2 aromatic rings. The molecule has 104 valence electrons. The summed E-state index contributed by atoms with van der Waals surface area (Å²) >= 11 is 7.40. The van der Waals surface area contributed by atoms with Crippen LogP contribution in [-0.4, -0.2) is 11.7 Å². The van der Waals surface area contributed by atoms with Crippen LogP contribution in [0.2, 0.25) is 5.02 Å². The second-order valence-electron chi connectivity index (χ2n) is 4.53. The first kappa shape index (κ1) is 14.9. The third kappa shape index (κ3) is 4.91. The Kier molecular flexibility index (Phi) is 5.50. The molecule has 0 fully saturated rings. The van der Waals surface area contributed by atoms with E-state index in [0.29, 0.717) is 10.8 Å². The highest BCUT2D eigenvalue weighted by Crippen LogP contribution is 2.15. The van der Waals surface area contributed by atoms with E-state index in [9.17, 15) is 4.79 Å². The monoisotopic (exact) mass is 305 g/mol. The van der Waals surface area contributed by atoms with Crippen LogP contribution in [0.5, 0.6) is 0 Å². The van der Waals surface area contributed by atoms with E-state index in [0.717, 1.165) is 11.4 Å². The molecule has 0 aliphatic carbocycles. The van der Waals surface area contributed by atoms with Gasteiger partial charge in [0, 0.05) is 16.5 Å². The molecular weight excluding hydrogens is 290 g/mol. The number of anilines is 1. The van der Waals surface area contributed by atoms with Crippen LogP contribution in [-0.2, 0) is 10.5 Å². The Morgan fingerprint density at radius 3 is 2.40 bits per heavy atom. The van der Waals surface area contributed by atoms with Gasteiger partial charge in [0.05, 0.1) is 5.75 Å². The van der Waals surface area contributed by atoms with E-state index in [1.165, 1.54) is 11.1 Å². The number of hydrogen-bond acceptors (Lipinski definition) is 2. The molecule has 2 aromatic carbocycles. The Morgan fingerprint density at radius 1 is 1.10 bits per heavy atom. The van der Waals surface area contributed by atoms with E-state index in [1.807, 2.05) is 0 Å². The Hall–Kier alpha value is -1.45. The third-order valence-corrected chi connectivity index (χ3v) is 4.01. The van der Waals surface area contributed by atoms with Gasteiger partial charge in [0.1, 0.15) is 0 Å². The number of nitrogens with one attached hydrogen (secondary N) is 1. The number of halogens is 1. The van der Waals surface area contributed by atoms with Crippen molar-refractivity contribution in [1.29, 1.82) is 0 Å². The highest BCUT2D eigenvalue weighted by Gasteiger charge is 2.03. The number of amides is 1. The predicted molar refractivity (Wildman–Crippen MR) is 87.4 cm³/mol. The number of hydrogen-bond donors (Lipinski definition) is 1. The van der Waals surface area contributed by atoms with Gasteiger partial charge in [0.2, 0.25) is 5.91 Å². The van der Waals surface area contributed by atoms with Gasteiger partial charge in [-0.05, 0) is 36.8 Å². The SMILES string of the molecule is Cc1ccc(CSCC(=O)Nc2ccc(Cl)cc2)cc1. The van der Waals surface area contributed by atoms with Crippen LogP contribution in [0.25, 0.3) is 0 Å². The van der Waals surface area contributed by atoms with Crippen LogP contribution in [0.3, 0.4) is 0 Å². The molecule has 0 saturated carbocycles. The number of thioether (sulfide) groups is 1. The molecule has 0 radical (unpaired) electrons. The van der Waals surface area contributed by atoms with Gasteiger partial charge >= 0.3 is 0 Å². The molecule has 1 N–H and O–H groups in total. The lowest BCUT2D eigenvalue weighted by Gasteiger charge is -2.05. The summed E-state index contributed by atoms with van der Waals surface area (Å²) in [7, 11) is 0. The second-order valence-corrected chi connectivity index (χ2v) is 5.96. The summed E-state index contributed by atoms with van der Waals surface area (Å²) in [5.41, 5.74) is 3.26. The zero-order chi connectivity index (χ0) is 14.4. The van der Waals surface area contributed by atoms with Crippen LogP contribution in [0.15, 0.2) is 48.5 Å². The van der Waals surface area contributed by atoms with Gasteiger partial charge < -0.3 is 5.32 Å². The van der Waals surface area contributed by atoms with E-state index >= 15 is 0 Å². The van der Waals surface area contributed by atoms with Gasteiger partial charge in [-0.25, -0.2) is 0 Å². The molecule has 0 heterocycles. The van der Waals surface area contributed by atoms with Gasteiger partial charge in [-0.2, -0.15) is 0 Å². The molecule has 0 aliphatic heterocycles. The lowest BCUT2D eigenvalue weighted by molar-refractivity contribution is -0.113. The average Bonchev–Trinajstić information content (AvgIpc) is 2.44.